The summed E-state index contributed by atoms with van der Waals surface area (Å²) in [6.07, 6.45) is 3.11. The molecule has 0 heterocycles. The highest BCUT2D eigenvalue weighted by Gasteiger charge is 2.38. The van der Waals surface area contributed by atoms with Crippen LogP contribution in [0.5, 0.6) is 0 Å². The molecule has 0 bridgehead atoms. The molecule has 140 valence electrons. The average molecular weight is 360 g/mol. The summed E-state index contributed by atoms with van der Waals surface area (Å²) < 4.78 is 0. The van der Waals surface area contributed by atoms with Gasteiger partial charge in [0.1, 0.15) is 0 Å². The summed E-state index contributed by atoms with van der Waals surface area (Å²) in [6, 6.07) is 11.4. The summed E-state index contributed by atoms with van der Waals surface area (Å²) in [5.41, 5.74) is 7.07. The predicted octanol–water partition coefficient (Wildman–Crippen LogP) is 5.64. The third kappa shape index (κ3) is 3.93. The Bertz CT molecular complexity index is 935. The fraction of sp³-hybridized carbons (Fsp3) is 0.400. The average Bonchev–Trinajstić information content (AvgIpc) is 2.59. The van der Waals surface area contributed by atoms with E-state index in [1.807, 2.05) is 0 Å². The molecule has 0 aromatic heterocycles. The number of rotatable bonds is 2. The molecule has 0 spiro atoms. The van der Waals surface area contributed by atoms with Crippen LogP contribution in [0.3, 0.4) is 0 Å². The summed E-state index contributed by atoms with van der Waals surface area (Å²) in [6.45, 7) is 11.6. The summed E-state index contributed by atoms with van der Waals surface area (Å²) in [5.74, 6) is 5.59. The van der Waals surface area contributed by atoms with E-state index in [1.165, 1.54) is 35.1 Å². The third-order valence-corrected chi connectivity index (χ3v) is 5.79. The number of carbonyl (C=O) groups is 1. The molecule has 0 amide bonds. The number of benzene rings is 2. The molecule has 0 saturated carbocycles. The summed E-state index contributed by atoms with van der Waals surface area (Å²) in [5, 5.41) is 8.99. The van der Waals surface area contributed by atoms with Crippen LogP contribution in [0.25, 0.3) is 0 Å². The number of hydrogen-bond donors (Lipinski definition) is 1. The molecule has 2 aromatic carbocycles. The van der Waals surface area contributed by atoms with Crippen molar-refractivity contribution >= 4 is 5.97 Å². The van der Waals surface area contributed by atoms with E-state index < -0.39 is 5.97 Å². The first kappa shape index (κ1) is 19.2. The highest BCUT2D eigenvalue weighted by Crippen LogP contribution is 2.47. The number of fused-ring (bicyclic) bond motifs is 1. The standard InChI is InChI=1S/C25H28O2/c1-17-15-20(8-6-7-18-9-11-19(12-10-18)23(26)27)22-21(16-17)24(2,3)13-14-25(22,4)5/h9-12,15-16H,8,13-14H2,1-5H3,(H,26,27). The maximum atomic E-state index is 11.0. The van der Waals surface area contributed by atoms with Crippen LogP contribution < -0.4 is 0 Å². The van der Waals surface area contributed by atoms with E-state index >= 15 is 0 Å². The van der Waals surface area contributed by atoms with Gasteiger partial charge >= 0.3 is 5.97 Å². The summed E-state index contributed by atoms with van der Waals surface area (Å²) >= 11 is 0. The maximum absolute atomic E-state index is 11.0. The Kier molecular flexibility index (Phi) is 4.91. The molecule has 3 rings (SSSR count). The summed E-state index contributed by atoms with van der Waals surface area (Å²) in [7, 11) is 0. The first-order valence-corrected chi connectivity index (χ1v) is 9.57. The van der Waals surface area contributed by atoms with Crippen molar-refractivity contribution in [2.24, 2.45) is 0 Å². The van der Waals surface area contributed by atoms with Crippen LogP contribution >= 0.6 is 0 Å². The molecular weight excluding hydrogens is 332 g/mol. The molecule has 0 atom stereocenters. The first-order valence-electron chi connectivity index (χ1n) is 9.57. The van der Waals surface area contributed by atoms with E-state index in [-0.39, 0.29) is 16.4 Å². The molecule has 27 heavy (non-hydrogen) atoms. The SMILES string of the molecule is Cc1cc(CC#Cc2ccc(C(=O)O)cc2)c2c(c1)C(C)(C)CCC2(C)C. The number of carboxylic acid groups (broad SMARTS) is 1. The lowest BCUT2D eigenvalue weighted by atomic mass is 9.61. The van der Waals surface area contributed by atoms with E-state index in [4.69, 9.17) is 5.11 Å². The molecule has 1 aliphatic carbocycles. The highest BCUT2D eigenvalue weighted by atomic mass is 16.4. The smallest absolute Gasteiger partial charge is 0.335 e. The van der Waals surface area contributed by atoms with Gasteiger partial charge in [-0.15, -0.1) is 0 Å². The normalized spacial score (nSPS) is 16.8. The number of aromatic carboxylic acids is 1. The van der Waals surface area contributed by atoms with Gasteiger partial charge in [0.05, 0.1) is 5.56 Å². The lowest BCUT2D eigenvalue weighted by Gasteiger charge is -2.43. The van der Waals surface area contributed by atoms with Crippen LogP contribution in [0, 0.1) is 18.8 Å². The van der Waals surface area contributed by atoms with Crippen molar-refractivity contribution in [3.8, 4) is 11.8 Å². The van der Waals surface area contributed by atoms with Gasteiger partial charge in [-0.25, -0.2) is 4.79 Å². The monoisotopic (exact) mass is 360 g/mol. The van der Waals surface area contributed by atoms with Crippen LogP contribution in [-0.2, 0) is 17.3 Å². The van der Waals surface area contributed by atoms with Gasteiger partial charge in [-0.2, -0.15) is 0 Å². The van der Waals surface area contributed by atoms with E-state index in [0.717, 1.165) is 5.56 Å². The number of aryl methyl sites for hydroxylation is 1. The first-order chi connectivity index (χ1) is 12.6. The van der Waals surface area contributed by atoms with Crippen molar-refractivity contribution in [1.82, 2.24) is 0 Å². The van der Waals surface area contributed by atoms with E-state index in [0.29, 0.717) is 6.42 Å². The minimum Gasteiger partial charge on any atom is -0.478 e. The largest absolute Gasteiger partial charge is 0.478 e. The second-order valence-electron chi connectivity index (χ2n) is 8.98. The number of hydrogen-bond acceptors (Lipinski definition) is 1. The molecule has 2 aromatic rings. The van der Waals surface area contributed by atoms with E-state index in [1.54, 1.807) is 24.3 Å². The zero-order valence-corrected chi connectivity index (χ0v) is 16.9. The second-order valence-corrected chi connectivity index (χ2v) is 8.98. The molecule has 2 nitrogen and oxygen atoms in total. The van der Waals surface area contributed by atoms with Gasteiger partial charge in [-0.3, -0.25) is 0 Å². The van der Waals surface area contributed by atoms with Crippen LogP contribution in [-0.4, -0.2) is 11.1 Å². The van der Waals surface area contributed by atoms with Crippen molar-refractivity contribution < 1.29 is 9.90 Å². The fourth-order valence-corrected chi connectivity index (χ4v) is 4.16. The predicted molar refractivity (Wildman–Crippen MR) is 110 cm³/mol. The van der Waals surface area contributed by atoms with E-state index in [9.17, 15) is 4.79 Å². The summed E-state index contributed by atoms with van der Waals surface area (Å²) in [4.78, 5) is 11.0. The zero-order valence-electron chi connectivity index (χ0n) is 16.9. The van der Waals surface area contributed by atoms with E-state index in [2.05, 4.69) is 58.6 Å². The topological polar surface area (TPSA) is 37.3 Å². The lowest BCUT2D eigenvalue weighted by Crippen LogP contribution is -2.35. The Hall–Kier alpha value is -2.53. The molecule has 0 fully saturated rings. The Morgan fingerprint density at radius 1 is 1.04 bits per heavy atom. The van der Waals surface area contributed by atoms with Crippen LogP contribution in [0.15, 0.2) is 36.4 Å². The molecule has 1 N–H and O–H groups in total. The minimum absolute atomic E-state index is 0.165. The van der Waals surface area contributed by atoms with Crippen molar-refractivity contribution in [2.45, 2.75) is 64.7 Å². The Balaban J connectivity index is 1.95. The molecule has 1 aliphatic rings. The van der Waals surface area contributed by atoms with Crippen LogP contribution in [0.2, 0.25) is 0 Å². The molecule has 2 heteroatoms. The lowest BCUT2D eigenvalue weighted by molar-refractivity contribution is 0.0697. The fourth-order valence-electron chi connectivity index (χ4n) is 4.16. The Morgan fingerprint density at radius 2 is 1.67 bits per heavy atom. The second kappa shape index (κ2) is 6.89. The Labute approximate surface area is 162 Å². The third-order valence-electron chi connectivity index (χ3n) is 5.79. The number of carboxylic acids is 1. The Morgan fingerprint density at radius 3 is 2.30 bits per heavy atom. The zero-order chi connectivity index (χ0) is 19.8. The van der Waals surface area contributed by atoms with Crippen molar-refractivity contribution in [2.75, 3.05) is 0 Å². The molecule has 0 saturated heterocycles. The van der Waals surface area contributed by atoms with Gasteiger partial charge in [0.25, 0.3) is 0 Å². The van der Waals surface area contributed by atoms with Gasteiger partial charge < -0.3 is 5.11 Å². The van der Waals surface area contributed by atoms with Crippen molar-refractivity contribution in [1.29, 1.82) is 0 Å². The minimum atomic E-state index is -0.911. The van der Waals surface area contributed by atoms with Crippen molar-refractivity contribution in [3.63, 3.8) is 0 Å². The van der Waals surface area contributed by atoms with Gasteiger partial charge in [0.15, 0.2) is 0 Å². The maximum Gasteiger partial charge on any atom is 0.335 e. The van der Waals surface area contributed by atoms with Gasteiger partial charge in [-0.05, 0) is 71.6 Å². The van der Waals surface area contributed by atoms with Gasteiger partial charge in [-0.1, -0.05) is 57.2 Å². The van der Waals surface area contributed by atoms with Gasteiger partial charge in [0, 0.05) is 12.0 Å². The van der Waals surface area contributed by atoms with Crippen LogP contribution in [0.4, 0.5) is 0 Å². The quantitative estimate of drug-likeness (QED) is 0.704. The molecular formula is C25H28O2. The molecule has 0 unspecified atom stereocenters. The van der Waals surface area contributed by atoms with Crippen molar-refractivity contribution in [3.05, 3.63) is 69.8 Å². The molecule has 0 radical (unpaired) electrons. The molecule has 0 aliphatic heterocycles. The van der Waals surface area contributed by atoms with Gasteiger partial charge in [0.2, 0.25) is 0 Å². The highest BCUT2D eigenvalue weighted by molar-refractivity contribution is 5.87. The van der Waals surface area contributed by atoms with Crippen LogP contribution in [0.1, 0.15) is 78.7 Å².